The number of thiophene rings is 1. The molecule has 0 radical (unpaired) electrons. The minimum atomic E-state index is -0.0484. The number of aromatic amines is 1. The summed E-state index contributed by atoms with van der Waals surface area (Å²) in [5.41, 5.74) is 1.48. The van der Waals surface area contributed by atoms with E-state index in [1.54, 1.807) is 0 Å². The van der Waals surface area contributed by atoms with E-state index in [1.807, 2.05) is 35.6 Å². The summed E-state index contributed by atoms with van der Waals surface area (Å²) in [5, 5.41) is 6.89. The van der Waals surface area contributed by atoms with Crippen LogP contribution in [0.3, 0.4) is 0 Å². The Kier molecular flexibility index (Phi) is 5.29. The number of piperidine rings is 1. The molecule has 136 valence electrons. The minimum Gasteiger partial charge on any atom is -0.350 e. The normalized spacial score (nSPS) is 18.3. The molecule has 1 saturated heterocycles. The van der Waals surface area contributed by atoms with E-state index < -0.39 is 0 Å². The number of aromatic nitrogens is 1. The lowest BCUT2D eigenvalue weighted by atomic mass is 9.98. The monoisotopic (exact) mass is 387 g/mol. The Hall–Kier alpha value is -1.82. The number of nitrogens with one attached hydrogen (secondary N) is 2. The molecule has 0 saturated carbocycles. The van der Waals surface area contributed by atoms with Crippen LogP contribution in [-0.4, -0.2) is 35.4 Å². The van der Waals surface area contributed by atoms with Crippen LogP contribution in [0.25, 0.3) is 10.9 Å². The van der Waals surface area contributed by atoms with Gasteiger partial charge in [0.1, 0.15) is 5.69 Å². The maximum Gasteiger partial charge on any atom is 0.267 e. The number of hydrogen-bond donors (Lipinski definition) is 2. The highest BCUT2D eigenvalue weighted by atomic mass is 35.5. The molecule has 1 atom stereocenters. The van der Waals surface area contributed by atoms with E-state index in [1.165, 1.54) is 17.7 Å². The molecule has 0 spiro atoms. The molecule has 6 heteroatoms. The van der Waals surface area contributed by atoms with Crippen molar-refractivity contribution in [1.82, 2.24) is 15.2 Å². The van der Waals surface area contributed by atoms with Crippen LogP contribution in [0.1, 0.15) is 28.2 Å². The summed E-state index contributed by atoms with van der Waals surface area (Å²) < 4.78 is 0. The summed E-state index contributed by atoms with van der Waals surface area (Å²) in [5.74, 6) is 0.458. The fraction of sp³-hybridized carbons (Fsp3) is 0.350. The van der Waals surface area contributed by atoms with Gasteiger partial charge in [0.2, 0.25) is 0 Å². The van der Waals surface area contributed by atoms with Gasteiger partial charge in [0, 0.05) is 40.4 Å². The van der Waals surface area contributed by atoms with Crippen molar-refractivity contribution in [1.29, 1.82) is 0 Å². The number of H-pyrrole nitrogens is 1. The van der Waals surface area contributed by atoms with E-state index in [0.717, 1.165) is 37.1 Å². The molecule has 1 aromatic carbocycles. The first-order chi connectivity index (χ1) is 12.7. The van der Waals surface area contributed by atoms with Gasteiger partial charge in [-0.15, -0.1) is 11.3 Å². The van der Waals surface area contributed by atoms with Gasteiger partial charge in [-0.2, -0.15) is 0 Å². The molecule has 2 aromatic heterocycles. The highest BCUT2D eigenvalue weighted by Crippen LogP contribution is 2.21. The summed E-state index contributed by atoms with van der Waals surface area (Å²) >= 11 is 7.82. The molecule has 2 N–H and O–H groups in total. The minimum absolute atomic E-state index is 0.0484. The second-order valence-corrected chi connectivity index (χ2v) is 8.42. The van der Waals surface area contributed by atoms with Crippen LogP contribution in [0, 0.1) is 5.92 Å². The average Bonchev–Trinajstić information content (AvgIpc) is 3.29. The molecule has 26 heavy (non-hydrogen) atoms. The number of fused-ring (bicyclic) bond motifs is 1. The van der Waals surface area contributed by atoms with Gasteiger partial charge in [0.25, 0.3) is 5.91 Å². The average molecular weight is 388 g/mol. The van der Waals surface area contributed by atoms with Gasteiger partial charge in [-0.25, -0.2) is 0 Å². The highest BCUT2D eigenvalue weighted by molar-refractivity contribution is 7.09. The molecular weight excluding hydrogens is 366 g/mol. The molecule has 1 aliphatic rings. The van der Waals surface area contributed by atoms with Gasteiger partial charge in [-0.1, -0.05) is 23.7 Å². The second-order valence-electron chi connectivity index (χ2n) is 6.95. The van der Waals surface area contributed by atoms with Gasteiger partial charge in [-0.05, 0) is 54.9 Å². The number of amides is 1. The fourth-order valence-electron chi connectivity index (χ4n) is 3.64. The number of nitrogens with zero attached hydrogens (tertiary/aromatic N) is 1. The SMILES string of the molecule is O=C(NCC1CCCN(Cc2cccs2)C1)c1cc2ccc(Cl)cc2[nH]1. The number of carbonyl (C=O) groups excluding carboxylic acids is 1. The van der Waals surface area contributed by atoms with E-state index in [4.69, 9.17) is 11.6 Å². The van der Waals surface area contributed by atoms with Crippen LogP contribution < -0.4 is 5.32 Å². The summed E-state index contributed by atoms with van der Waals surface area (Å²) in [7, 11) is 0. The third-order valence-corrected chi connectivity index (χ3v) is 6.04. The number of benzene rings is 1. The standard InChI is InChI=1S/C20H22ClN3OS/c21-16-6-5-15-9-19(23-18(15)10-16)20(25)22-11-14-3-1-7-24(12-14)13-17-4-2-8-26-17/h2,4-6,8-10,14,23H,1,3,7,11-13H2,(H,22,25). The molecular formula is C20H22ClN3OS. The molecule has 4 nitrogen and oxygen atoms in total. The van der Waals surface area contributed by atoms with Crippen molar-refractivity contribution in [3.8, 4) is 0 Å². The van der Waals surface area contributed by atoms with E-state index in [9.17, 15) is 4.79 Å². The lowest BCUT2D eigenvalue weighted by molar-refractivity contribution is 0.0927. The van der Waals surface area contributed by atoms with Gasteiger partial charge in [0.15, 0.2) is 0 Å². The molecule has 3 heterocycles. The summed E-state index contributed by atoms with van der Waals surface area (Å²) in [4.78, 5) is 19.6. The molecule has 3 aromatic rings. The van der Waals surface area contributed by atoms with Gasteiger partial charge in [-0.3, -0.25) is 9.69 Å². The zero-order chi connectivity index (χ0) is 17.9. The molecule has 1 fully saturated rings. The molecule has 0 aliphatic carbocycles. The number of hydrogen-bond acceptors (Lipinski definition) is 3. The predicted octanol–water partition coefficient (Wildman–Crippen LogP) is 4.52. The Morgan fingerprint density at radius 1 is 1.35 bits per heavy atom. The quantitative estimate of drug-likeness (QED) is 0.675. The Labute approximate surface area is 162 Å². The Morgan fingerprint density at radius 3 is 3.12 bits per heavy atom. The lowest BCUT2D eigenvalue weighted by Crippen LogP contribution is -2.40. The Bertz CT molecular complexity index is 890. The first-order valence-corrected chi connectivity index (χ1v) is 10.2. The highest BCUT2D eigenvalue weighted by Gasteiger charge is 2.21. The smallest absolute Gasteiger partial charge is 0.267 e. The van der Waals surface area contributed by atoms with Crippen LogP contribution in [0.2, 0.25) is 5.02 Å². The number of likely N-dealkylation sites (tertiary alicyclic amines) is 1. The molecule has 1 amide bonds. The largest absolute Gasteiger partial charge is 0.350 e. The molecule has 4 rings (SSSR count). The Morgan fingerprint density at radius 2 is 2.27 bits per heavy atom. The van der Waals surface area contributed by atoms with Crippen LogP contribution in [0.4, 0.5) is 0 Å². The van der Waals surface area contributed by atoms with Crippen molar-refractivity contribution >= 4 is 39.7 Å². The summed E-state index contributed by atoms with van der Waals surface area (Å²) in [6.45, 7) is 3.92. The lowest BCUT2D eigenvalue weighted by Gasteiger charge is -2.32. The van der Waals surface area contributed by atoms with E-state index >= 15 is 0 Å². The zero-order valence-corrected chi connectivity index (χ0v) is 16.1. The fourth-order valence-corrected chi connectivity index (χ4v) is 4.56. The molecule has 1 aliphatic heterocycles. The van der Waals surface area contributed by atoms with Gasteiger partial charge < -0.3 is 10.3 Å². The van der Waals surface area contributed by atoms with E-state index in [-0.39, 0.29) is 5.91 Å². The molecule has 0 bridgehead atoms. The number of halogens is 1. The predicted molar refractivity (Wildman–Crippen MR) is 108 cm³/mol. The maximum atomic E-state index is 12.5. The first-order valence-electron chi connectivity index (χ1n) is 8.98. The Balaban J connectivity index is 1.33. The van der Waals surface area contributed by atoms with Crippen LogP contribution in [0.15, 0.2) is 41.8 Å². The summed E-state index contributed by atoms with van der Waals surface area (Å²) in [6, 6.07) is 11.8. The zero-order valence-electron chi connectivity index (χ0n) is 14.5. The van der Waals surface area contributed by atoms with Crippen LogP contribution in [-0.2, 0) is 6.54 Å². The number of rotatable bonds is 5. The van der Waals surface area contributed by atoms with Crippen LogP contribution in [0.5, 0.6) is 0 Å². The van der Waals surface area contributed by atoms with Crippen LogP contribution >= 0.6 is 22.9 Å². The first kappa shape index (κ1) is 17.6. The third-order valence-electron chi connectivity index (χ3n) is 4.94. The van der Waals surface area contributed by atoms with Crippen molar-refractivity contribution in [3.63, 3.8) is 0 Å². The second kappa shape index (κ2) is 7.82. The van der Waals surface area contributed by atoms with Crippen molar-refractivity contribution in [2.75, 3.05) is 19.6 Å². The van der Waals surface area contributed by atoms with Gasteiger partial charge in [0.05, 0.1) is 0 Å². The van der Waals surface area contributed by atoms with Gasteiger partial charge >= 0.3 is 0 Å². The van der Waals surface area contributed by atoms with Crippen molar-refractivity contribution in [2.45, 2.75) is 19.4 Å². The van der Waals surface area contributed by atoms with Crippen molar-refractivity contribution in [2.24, 2.45) is 5.92 Å². The van der Waals surface area contributed by atoms with E-state index in [2.05, 4.69) is 32.7 Å². The third kappa shape index (κ3) is 4.11. The van der Waals surface area contributed by atoms with Crippen molar-refractivity contribution in [3.05, 3.63) is 57.4 Å². The topological polar surface area (TPSA) is 48.1 Å². The summed E-state index contributed by atoms with van der Waals surface area (Å²) in [6.07, 6.45) is 2.36. The molecule has 1 unspecified atom stereocenters. The maximum absolute atomic E-state index is 12.5. The van der Waals surface area contributed by atoms with Crippen molar-refractivity contribution < 1.29 is 4.79 Å². The van der Waals surface area contributed by atoms with E-state index in [0.29, 0.717) is 16.6 Å². The number of carbonyl (C=O) groups is 1.